The first-order chi connectivity index (χ1) is 9.36. The largest absolute Gasteiger partial charge is 0.475 e. The van der Waals surface area contributed by atoms with Crippen LogP contribution in [0.2, 0.25) is 0 Å². The number of esters is 1. The lowest BCUT2D eigenvalue weighted by molar-refractivity contribution is -0.150. The van der Waals surface area contributed by atoms with Crippen LogP contribution in [-0.4, -0.2) is 30.7 Å². The number of carbonyl (C=O) groups excluding carboxylic acids is 1. The van der Waals surface area contributed by atoms with E-state index in [1.165, 1.54) is 7.11 Å². The van der Waals surface area contributed by atoms with E-state index in [0.29, 0.717) is 19.0 Å². The van der Waals surface area contributed by atoms with Crippen LogP contribution in [0.25, 0.3) is 0 Å². The molecular weight excluding hydrogens is 256 g/mol. The summed E-state index contributed by atoms with van der Waals surface area (Å²) in [4.78, 5) is 15.8. The van der Waals surface area contributed by atoms with E-state index in [0.717, 1.165) is 5.56 Å². The maximum Gasteiger partial charge on any atom is 0.312 e. The second-order valence-electron chi connectivity index (χ2n) is 5.61. The van der Waals surface area contributed by atoms with Crippen molar-refractivity contribution in [1.29, 1.82) is 0 Å². The van der Waals surface area contributed by atoms with Crippen molar-refractivity contribution in [2.24, 2.45) is 5.41 Å². The number of carbonyl (C=O) groups is 1. The van der Waals surface area contributed by atoms with Gasteiger partial charge < -0.3 is 14.8 Å². The molecule has 0 amide bonds. The molecule has 0 atom stereocenters. The van der Waals surface area contributed by atoms with Gasteiger partial charge in [0.15, 0.2) is 0 Å². The average molecular weight is 280 g/mol. The smallest absolute Gasteiger partial charge is 0.312 e. The maximum absolute atomic E-state index is 11.6. The molecule has 1 heterocycles. The monoisotopic (exact) mass is 280 g/mol. The van der Waals surface area contributed by atoms with Crippen molar-refractivity contribution in [2.45, 2.75) is 40.3 Å². The van der Waals surface area contributed by atoms with E-state index in [4.69, 9.17) is 9.47 Å². The molecule has 112 valence electrons. The van der Waals surface area contributed by atoms with Gasteiger partial charge in [0, 0.05) is 24.8 Å². The molecule has 0 unspecified atom stereocenters. The van der Waals surface area contributed by atoms with E-state index in [1.807, 2.05) is 39.8 Å². The number of pyridine rings is 1. The Kier molecular flexibility index (Phi) is 5.95. The SMILES string of the molecule is COC(=O)C(C)(C)CNCc1cccnc1OC(C)C. The van der Waals surface area contributed by atoms with Crippen molar-refractivity contribution < 1.29 is 14.3 Å². The Bertz CT molecular complexity index is 444. The molecule has 1 aromatic heterocycles. The van der Waals surface area contributed by atoms with Crippen LogP contribution in [0.3, 0.4) is 0 Å². The van der Waals surface area contributed by atoms with Gasteiger partial charge in [-0.3, -0.25) is 4.79 Å². The van der Waals surface area contributed by atoms with Crippen molar-refractivity contribution in [2.75, 3.05) is 13.7 Å². The fourth-order valence-electron chi connectivity index (χ4n) is 1.75. The predicted octanol–water partition coefficient (Wildman–Crippen LogP) is 2.16. The standard InChI is InChI=1S/C15H24N2O3/c1-11(2)20-13-12(7-6-8-17-13)9-16-10-15(3,4)14(18)19-5/h6-8,11,16H,9-10H2,1-5H3. The molecule has 1 N–H and O–H groups in total. The molecule has 0 saturated heterocycles. The Hall–Kier alpha value is -1.62. The summed E-state index contributed by atoms with van der Waals surface area (Å²) in [5.74, 6) is 0.403. The zero-order chi connectivity index (χ0) is 15.2. The van der Waals surface area contributed by atoms with Crippen molar-refractivity contribution in [3.05, 3.63) is 23.9 Å². The first-order valence-electron chi connectivity index (χ1n) is 6.76. The van der Waals surface area contributed by atoms with Crippen LogP contribution in [-0.2, 0) is 16.1 Å². The third-order valence-corrected chi connectivity index (χ3v) is 2.82. The molecule has 5 nitrogen and oxygen atoms in total. The highest BCUT2D eigenvalue weighted by Gasteiger charge is 2.28. The van der Waals surface area contributed by atoms with Crippen LogP contribution in [0.4, 0.5) is 0 Å². The predicted molar refractivity (Wildman–Crippen MR) is 77.5 cm³/mol. The topological polar surface area (TPSA) is 60.5 Å². The summed E-state index contributed by atoms with van der Waals surface area (Å²) in [5.41, 5.74) is 0.414. The van der Waals surface area contributed by atoms with Crippen LogP contribution in [0.1, 0.15) is 33.3 Å². The molecule has 0 fully saturated rings. The Labute approximate surface area is 120 Å². The molecule has 1 aromatic rings. The zero-order valence-electron chi connectivity index (χ0n) is 12.9. The highest BCUT2D eigenvalue weighted by Crippen LogP contribution is 2.18. The summed E-state index contributed by atoms with van der Waals surface area (Å²) in [6.07, 6.45) is 1.79. The third-order valence-electron chi connectivity index (χ3n) is 2.82. The third kappa shape index (κ3) is 4.81. The molecule has 0 radical (unpaired) electrons. The molecule has 0 aliphatic carbocycles. The quantitative estimate of drug-likeness (QED) is 0.776. The molecule has 0 bridgehead atoms. The minimum absolute atomic E-state index is 0.0789. The van der Waals surface area contributed by atoms with Gasteiger partial charge in [-0.2, -0.15) is 0 Å². The highest BCUT2D eigenvalue weighted by molar-refractivity contribution is 5.76. The van der Waals surface area contributed by atoms with Crippen LogP contribution in [0, 0.1) is 5.41 Å². The van der Waals surface area contributed by atoms with Crippen LogP contribution >= 0.6 is 0 Å². The number of nitrogens with zero attached hydrogens (tertiary/aromatic N) is 1. The lowest BCUT2D eigenvalue weighted by Crippen LogP contribution is -2.36. The minimum Gasteiger partial charge on any atom is -0.475 e. The number of nitrogens with one attached hydrogen (secondary N) is 1. The highest BCUT2D eigenvalue weighted by atomic mass is 16.5. The van der Waals surface area contributed by atoms with Crippen molar-refractivity contribution in [3.63, 3.8) is 0 Å². The van der Waals surface area contributed by atoms with Gasteiger partial charge in [-0.05, 0) is 33.8 Å². The minimum atomic E-state index is -0.559. The molecule has 0 aliphatic heterocycles. The summed E-state index contributed by atoms with van der Waals surface area (Å²) in [5, 5.41) is 3.25. The molecule has 0 spiro atoms. The first-order valence-corrected chi connectivity index (χ1v) is 6.76. The number of hydrogen-bond acceptors (Lipinski definition) is 5. The van der Waals surface area contributed by atoms with Gasteiger partial charge in [0.2, 0.25) is 5.88 Å². The van der Waals surface area contributed by atoms with Crippen molar-refractivity contribution in [1.82, 2.24) is 10.3 Å². The average Bonchev–Trinajstić information content (AvgIpc) is 2.39. The number of ether oxygens (including phenoxy) is 2. The fraction of sp³-hybridized carbons (Fsp3) is 0.600. The van der Waals surface area contributed by atoms with Crippen molar-refractivity contribution >= 4 is 5.97 Å². The van der Waals surface area contributed by atoms with E-state index >= 15 is 0 Å². The van der Waals surface area contributed by atoms with E-state index < -0.39 is 5.41 Å². The number of aromatic nitrogens is 1. The zero-order valence-corrected chi connectivity index (χ0v) is 12.9. The summed E-state index contributed by atoms with van der Waals surface area (Å²) in [7, 11) is 1.40. The van der Waals surface area contributed by atoms with E-state index in [1.54, 1.807) is 6.20 Å². The van der Waals surface area contributed by atoms with Gasteiger partial charge in [-0.1, -0.05) is 6.07 Å². The van der Waals surface area contributed by atoms with E-state index in [-0.39, 0.29) is 12.1 Å². The second-order valence-corrected chi connectivity index (χ2v) is 5.61. The number of rotatable bonds is 7. The Morgan fingerprint density at radius 3 is 2.75 bits per heavy atom. The summed E-state index contributed by atoms with van der Waals surface area (Å²) in [6, 6.07) is 3.83. The normalized spacial score (nSPS) is 11.5. The Morgan fingerprint density at radius 1 is 1.45 bits per heavy atom. The molecule has 1 rings (SSSR count). The van der Waals surface area contributed by atoms with E-state index in [2.05, 4.69) is 10.3 Å². The Balaban J connectivity index is 2.60. The Morgan fingerprint density at radius 2 is 2.15 bits per heavy atom. The summed E-state index contributed by atoms with van der Waals surface area (Å²) in [6.45, 7) is 8.74. The van der Waals surface area contributed by atoms with E-state index in [9.17, 15) is 4.79 Å². The molecular formula is C15H24N2O3. The van der Waals surface area contributed by atoms with Gasteiger partial charge in [-0.25, -0.2) is 4.98 Å². The van der Waals surface area contributed by atoms with Gasteiger partial charge >= 0.3 is 5.97 Å². The van der Waals surface area contributed by atoms with Crippen molar-refractivity contribution in [3.8, 4) is 5.88 Å². The first kappa shape index (κ1) is 16.4. The van der Waals surface area contributed by atoms with Crippen LogP contribution in [0.15, 0.2) is 18.3 Å². The second kappa shape index (κ2) is 7.24. The molecule has 0 aromatic carbocycles. The molecule has 5 heteroatoms. The van der Waals surface area contributed by atoms with Gasteiger partial charge in [-0.15, -0.1) is 0 Å². The molecule has 0 aliphatic rings. The molecule has 0 saturated carbocycles. The van der Waals surface area contributed by atoms with Gasteiger partial charge in [0.05, 0.1) is 18.6 Å². The number of methoxy groups -OCH3 is 1. The summed E-state index contributed by atoms with van der Waals surface area (Å²) < 4.78 is 10.4. The summed E-state index contributed by atoms with van der Waals surface area (Å²) >= 11 is 0. The maximum atomic E-state index is 11.6. The lowest BCUT2D eigenvalue weighted by atomic mass is 9.94. The molecule has 20 heavy (non-hydrogen) atoms. The van der Waals surface area contributed by atoms with Crippen LogP contribution in [0.5, 0.6) is 5.88 Å². The van der Waals surface area contributed by atoms with Crippen LogP contribution < -0.4 is 10.1 Å². The lowest BCUT2D eigenvalue weighted by Gasteiger charge is -2.22. The van der Waals surface area contributed by atoms with Gasteiger partial charge in [0.1, 0.15) is 0 Å². The fourth-order valence-corrected chi connectivity index (χ4v) is 1.75. The number of hydrogen-bond donors (Lipinski definition) is 1. The van der Waals surface area contributed by atoms with Gasteiger partial charge in [0.25, 0.3) is 0 Å².